The maximum atomic E-state index is 12.7. The Morgan fingerprint density at radius 1 is 1.24 bits per heavy atom. The van der Waals surface area contributed by atoms with E-state index >= 15 is 0 Å². The first-order chi connectivity index (χ1) is 14.0. The van der Waals surface area contributed by atoms with Gasteiger partial charge in [0.05, 0.1) is 36.0 Å². The van der Waals surface area contributed by atoms with Crippen LogP contribution in [0.15, 0.2) is 17.5 Å². The summed E-state index contributed by atoms with van der Waals surface area (Å²) in [5.74, 6) is 0.0685. The van der Waals surface area contributed by atoms with Gasteiger partial charge in [-0.05, 0) is 32.9 Å². The summed E-state index contributed by atoms with van der Waals surface area (Å²) in [7, 11) is 0. The second-order valence-electron chi connectivity index (χ2n) is 6.91. The molecular weight excluding hydrogens is 408 g/mol. The van der Waals surface area contributed by atoms with E-state index in [-0.39, 0.29) is 12.0 Å². The van der Waals surface area contributed by atoms with Gasteiger partial charge in [0, 0.05) is 23.3 Å². The third-order valence-corrected chi connectivity index (χ3v) is 6.07. The van der Waals surface area contributed by atoms with Crippen molar-refractivity contribution in [2.24, 2.45) is 0 Å². The Bertz CT molecular complexity index is 1020. The van der Waals surface area contributed by atoms with E-state index in [0.29, 0.717) is 26.1 Å². The molecule has 10 heteroatoms. The highest BCUT2D eigenvalue weighted by Gasteiger charge is 2.27. The van der Waals surface area contributed by atoms with Crippen molar-refractivity contribution in [3.8, 4) is 0 Å². The normalized spacial score (nSPS) is 16.8. The lowest BCUT2D eigenvalue weighted by Crippen LogP contribution is -2.43. The first kappa shape index (κ1) is 19.9. The van der Waals surface area contributed by atoms with Gasteiger partial charge in [0.1, 0.15) is 11.1 Å². The number of aromatic nitrogens is 4. The number of ether oxygens (including phenoxy) is 1. The largest absolute Gasteiger partial charge is 0.368 e. The first-order valence-corrected chi connectivity index (χ1v) is 11.0. The van der Waals surface area contributed by atoms with Gasteiger partial charge in [0.15, 0.2) is 0 Å². The van der Waals surface area contributed by atoms with Crippen LogP contribution in [0.1, 0.15) is 33.2 Å². The number of nitrogens with zero attached hydrogens (tertiary/aromatic N) is 5. The summed E-state index contributed by atoms with van der Waals surface area (Å²) in [6.07, 6.45) is 0.0584. The van der Waals surface area contributed by atoms with Crippen LogP contribution in [0, 0.1) is 20.8 Å². The maximum Gasteiger partial charge on any atom is 0.228 e. The van der Waals surface area contributed by atoms with Crippen LogP contribution in [-0.2, 0) is 16.0 Å². The van der Waals surface area contributed by atoms with Gasteiger partial charge in [-0.3, -0.25) is 9.78 Å². The predicted octanol–water partition coefficient (Wildman–Crippen LogP) is 3.20. The molecule has 0 spiro atoms. The maximum absolute atomic E-state index is 12.7. The molecule has 1 aliphatic rings. The first-order valence-electron chi connectivity index (χ1n) is 9.32. The topological polar surface area (TPSA) is 93.1 Å². The van der Waals surface area contributed by atoms with Gasteiger partial charge in [-0.15, -0.1) is 21.5 Å². The minimum atomic E-state index is -0.263. The van der Waals surface area contributed by atoms with Crippen molar-refractivity contribution in [2.75, 3.05) is 25.0 Å². The lowest BCUT2D eigenvalue weighted by molar-refractivity contribution is -0.138. The van der Waals surface area contributed by atoms with Crippen molar-refractivity contribution in [3.05, 3.63) is 44.6 Å². The third-order valence-electron chi connectivity index (χ3n) is 4.50. The van der Waals surface area contributed by atoms with Gasteiger partial charge in [0.25, 0.3) is 0 Å². The predicted molar refractivity (Wildman–Crippen MR) is 113 cm³/mol. The second-order valence-corrected chi connectivity index (χ2v) is 9.15. The van der Waals surface area contributed by atoms with Crippen LogP contribution in [-0.4, -0.2) is 50.7 Å². The van der Waals surface area contributed by atoms with E-state index in [1.54, 1.807) is 11.3 Å². The van der Waals surface area contributed by atoms with Gasteiger partial charge in [-0.25, -0.2) is 4.98 Å². The standard InChI is InChI=1S/C19H22N6O2S2/c1-11-6-14(22-19-24-23-13(3)29-19)7-16(20-11)17-9-25(4-5-27-17)18(26)8-15-10-28-12(2)21-15/h6-7,10,17H,4-5,8-9H2,1-3H3,(H,20,22,24)/t17-/m1/s1. The average Bonchev–Trinajstić information content (AvgIpc) is 3.29. The SMILES string of the molecule is Cc1cc(Nc2nnc(C)s2)cc([C@H]2CN(C(=O)Cc3csc(C)n3)CCO2)n1. The molecule has 3 aromatic heterocycles. The molecule has 0 radical (unpaired) electrons. The van der Waals surface area contributed by atoms with Gasteiger partial charge in [0.2, 0.25) is 11.0 Å². The lowest BCUT2D eigenvalue weighted by Gasteiger charge is -2.33. The van der Waals surface area contributed by atoms with Crippen molar-refractivity contribution in [3.63, 3.8) is 0 Å². The van der Waals surface area contributed by atoms with Gasteiger partial charge >= 0.3 is 0 Å². The zero-order valence-electron chi connectivity index (χ0n) is 16.5. The second kappa shape index (κ2) is 8.52. The number of hydrogen-bond acceptors (Lipinski definition) is 9. The Morgan fingerprint density at radius 3 is 2.83 bits per heavy atom. The van der Waals surface area contributed by atoms with Crippen molar-refractivity contribution < 1.29 is 9.53 Å². The Balaban J connectivity index is 1.46. The van der Waals surface area contributed by atoms with Crippen LogP contribution < -0.4 is 5.32 Å². The van der Waals surface area contributed by atoms with E-state index in [1.165, 1.54) is 11.3 Å². The van der Waals surface area contributed by atoms with Gasteiger partial charge in [-0.1, -0.05) is 11.3 Å². The number of morpholine rings is 1. The zero-order valence-corrected chi connectivity index (χ0v) is 18.1. The molecule has 4 heterocycles. The summed E-state index contributed by atoms with van der Waals surface area (Å²) >= 11 is 3.06. The molecule has 29 heavy (non-hydrogen) atoms. The van der Waals surface area contributed by atoms with Crippen LogP contribution >= 0.6 is 22.7 Å². The fraction of sp³-hybridized carbons (Fsp3) is 0.421. The molecule has 8 nitrogen and oxygen atoms in total. The minimum Gasteiger partial charge on any atom is -0.368 e. The van der Waals surface area contributed by atoms with Gasteiger partial charge < -0.3 is 15.0 Å². The van der Waals surface area contributed by atoms with Crippen molar-refractivity contribution in [1.29, 1.82) is 0 Å². The average molecular weight is 431 g/mol. The molecule has 3 aromatic rings. The van der Waals surface area contributed by atoms with E-state index < -0.39 is 0 Å². The molecule has 1 aliphatic heterocycles. The van der Waals surface area contributed by atoms with E-state index in [4.69, 9.17) is 4.74 Å². The molecule has 0 aromatic carbocycles. The van der Waals surface area contributed by atoms with E-state index in [1.807, 2.05) is 43.2 Å². The number of hydrogen-bond donors (Lipinski definition) is 1. The molecule has 1 N–H and O–H groups in total. The summed E-state index contributed by atoms with van der Waals surface area (Å²) in [5.41, 5.74) is 3.38. The summed E-state index contributed by atoms with van der Waals surface area (Å²) in [6, 6.07) is 3.91. The number of nitrogens with one attached hydrogen (secondary N) is 1. The monoisotopic (exact) mass is 430 g/mol. The quantitative estimate of drug-likeness (QED) is 0.664. The van der Waals surface area contributed by atoms with Crippen LogP contribution in [0.2, 0.25) is 0 Å². The molecule has 0 aliphatic carbocycles. The number of carbonyl (C=O) groups is 1. The fourth-order valence-electron chi connectivity index (χ4n) is 3.21. The smallest absolute Gasteiger partial charge is 0.228 e. The van der Waals surface area contributed by atoms with Crippen molar-refractivity contribution in [2.45, 2.75) is 33.3 Å². The molecular formula is C19H22N6O2S2. The Labute approximate surface area is 177 Å². The number of carbonyl (C=O) groups excluding carboxylic acids is 1. The minimum absolute atomic E-state index is 0.0685. The number of pyridine rings is 1. The third kappa shape index (κ3) is 4.95. The van der Waals surface area contributed by atoms with Crippen LogP contribution in [0.4, 0.5) is 10.8 Å². The Hall–Kier alpha value is -2.43. The number of aryl methyl sites for hydroxylation is 3. The highest BCUT2D eigenvalue weighted by Crippen LogP contribution is 2.27. The molecule has 4 rings (SSSR count). The van der Waals surface area contributed by atoms with Crippen molar-refractivity contribution in [1.82, 2.24) is 25.1 Å². The summed E-state index contributed by atoms with van der Waals surface area (Å²) in [6.45, 7) is 7.36. The fourth-order valence-corrected chi connectivity index (χ4v) is 4.44. The number of rotatable bonds is 5. The highest BCUT2D eigenvalue weighted by atomic mass is 32.1. The summed E-state index contributed by atoms with van der Waals surface area (Å²) in [5, 5.41) is 16.0. The molecule has 1 fully saturated rings. The van der Waals surface area contributed by atoms with Gasteiger partial charge in [-0.2, -0.15) is 0 Å². The molecule has 152 valence electrons. The number of anilines is 2. The Kier molecular flexibility index (Phi) is 5.84. The lowest BCUT2D eigenvalue weighted by atomic mass is 10.1. The van der Waals surface area contributed by atoms with Crippen molar-refractivity contribution >= 4 is 39.4 Å². The molecule has 1 atom stereocenters. The van der Waals surface area contributed by atoms with E-state index in [0.717, 1.165) is 37.9 Å². The van der Waals surface area contributed by atoms with E-state index in [9.17, 15) is 4.79 Å². The molecule has 0 saturated carbocycles. The highest BCUT2D eigenvalue weighted by molar-refractivity contribution is 7.15. The van der Waals surface area contributed by atoms with E-state index in [2.05, 4.69) is 25.5 Å². The number of amides is 1. The molecule has 1 saturated heterocycles. The summed E-state index contributed by atoms with van der Waals surface area (Å²) in [4.78, 5) is 23.6. The number of thiazole rings is 1. The Morgan fingerprint density at radius 2 is 2.10 bits per heavy atom. The molecule has 0 unspecified atom stereocenters. The molecule has 0 bridgehead atoms. The summed E-state index contributed by atoms with van der Waals surface area (Å²) < 4.78 is 5.94. The zero-order chi connectivity index (χ0) is 20.4. The van der Waals surface area contributed by atoms with Crippen LogP contribution in [0.5, 0.6) is 0 Å². The van der Waals surface area contributed by atoms with Crippen LogP contribution in [0.3, 0.4) is 0 Å². The molecule has 1 amide bonds. The van der Waals surface area contributed by atoms with Crippen LogP contribution in [0.25, 0.3) is 0 Å².